The number of rotatable bonds is 4. The molecule has 5 rings (SSSR count). The molecule has 2 aliphatic heterocycles. The lowest BCUT2D eigenvalue weighted by molar-refractivity contribution is 0.0295. The zero-order valence-electron chi connectivity index (χ0n) is 16.2. The Bertz CT molecular complexity index is 818. The van der Waals surface area contributed by atoms with Crippen LogP contribution in [0.4, 0.5) is 4.79 Å². The molecule has 1 saturated carbocycles. The monoisotopic (exact) mass is 380 g/mol. The van der Waals surface area contributed by atoms with Gasteiger partial charge < -0.3 is 10.2 Å². The zero-order chi connectivity index (χ0) is 18.9. The Balaban J connectivity index is 1.20. The number of nitrogens with one attached hydrogen (secondary N) is 1. The Hall–Kier alpha value is -2.41. The van der Waals surface area contributed by atoms with E-state index in [0.717, 1.165) is 36.9 Å². The molecule has 3 fully saturated rings. The van der Waals surface area contributed by atoms with Crippen LogP contribution in [0.1, 0.15) is 37.7 Å². The molecule has 2 aromatic heterocycles. The number of hydrogen-bond acceptors (Lipinski definition) is 4. The molecule has 28 heavy (non-hydrogen) atoms. The number of amides is 2. The van der Waals surface area contributed by atoms with Gasteiger partial charge in [-0.15, -0.1) is 0 Å². The summed E-state index contributed by atoms with van der Waals surface area (Å²) in [4.78, 5) is 26.1. The van der Waals surface area contributed by atoms with Gasteiger partial charge >= 0.3 is 6.03 Å². The largest absolute Gasteiger partial charge is 0.334 e. The maximum absolute atomic E-state index is 12.8. The van der Waals surface area contributed by atoms with E-state index in [4.69, 9.17) is 0 Å². The van der Waals surface area contributed by atoms with Crippen LogP contribution in [-0.4, -0.2) is 62.1 Å². The molecule has 1 aliphatic carbocycles. The van der Waals surface area contributed by atoms with Crippen molar-refractivity contribution in [3.05, 3.63) is 42.6 Å². The highest BCUT2D eigenvalue weighted by molar-refractivity contribution is 5.74. The van der Waals surface area contributed by atoms with Crippen molar-refractivity contribution in [1.29, 1.82) is 0 Å². The maximum Gasteiger partial charge on any atom is 0.317 e. The van der Waals surface area contributed by atoms with Gasteiger partial charge in [0.05, 0.1) is 0 Å². The van der Waals surface area contributed by atoms with Crippen molar-refractivity contribution in [2.24, 2.45) is 5.92 Å². The molecular formula is C21H28N6O. The number of aromatic nitrogens is 3. The van der Waals surface area contributed by atoms with Crippen LogP contribution >= 0.6 is 0 Å². The highest BCUT2D eigenvalue weighted by Crippen LogP contribution is 2.38. The number of nitrogens with zero attached hydrogens (tertiary/aromatic N) is 5. The predicted octanol–water partition coefficient (Wildman–Crippen LogP) is 2.43. The molecule has 4 heterocycles. The minimum Gasteiger partial charge on any atom is -0.334 e. The van der Waals surface area contributed by atoms with E-state index in [9.17, 15) is 4.79 Å². The molecule has 3 aliphatic rings. The quantitative estimate of drug-likeness (QED) is 0.885. The third-order valence-corrected chi connectivity index (χ3v) is 6.46. The Morgan fingerprint density at radius 1 is 1.18 bits per heavy atom. The van der Waals surface area contributed by atoms with Gasteiger partial charge in [0.15, 0.2) is 0 Å². The molecule has 2 amide bonds. The SMILES string of the molecule is O=C(NCc1cccnc1-n1ccnc1)N1CCC2C(CCCN2C2CC2)C1. The van der Waals surface area contributed by atoms with Gasteiger partial charge in [-0.25, -0.2) is 14.8 Å². The number of urea groups is 1. The number of carbonyl (C=O) groups excluding carboxylic acids is 1. The third kappa shape index (κ3) is 3.51. The smallest absolute Gasteiger partial charge is 0.317 e. The zero-order valence-corrected chi connectivity index (χ0v) is 16.2. The van der Waals surface area contributed by atoms with Crippen molar-refractivity contribution >= 4 is 6.03 Å². The number of imidazole rings is 1. The van der Waals surface area contributed by atoms with Crippen LogP contribution in [0.3, 0.4) is 0 Å². The summed E-state index contributed by atoms with van der Waals surface area (Å²) in [5.74, 6) is 1.44. The average molecular weight is 380 g/mol. The first-order valence-electron chi connectivity index (χ1n) is 10.5. The first kappa shape index (κ1) is 17.7. The van der Waals surface area contributed by atoms with E-state index in [2.05, 4.69) is 20.2 Å². The van der Waals surface area contributed by atoms with Gasteiger partial charge in [-0.05, 0) is 50.6 Å². The van der Waals surface area contributed by atoms with Crippen molar-refractivity contribution in [2.75, 3.05) is 19.6 Å². The summed E-state index contributed by atoms with van der Waals surface area (Å²) in [7, 11) is 0. The molecule has 1 N–H and O–H groups in total. The molecule has 2 atom stereocenters. The minimum absolute atomic E-state index is 0.0439. The topological polar surface area (TPSA) is 66.3 Å². The van der Waals surface area contributed by atoms with E-state index >= 15 is 0 Å². The Kier molecular flexibility index (Phi) is 4.76. The van der Waals surface area contributed by atoms with Gasteiger partial charge in [-0.2, -0.15) is 0 Å². The van der Waals surface area contributed by atoms with E-state index in [0.29, 0.717) is 18.5 Å². The molecule has 2 saturated heterocycles. The second-order valence-electron chi connectivity index (χ2n) is 8.29. The minimum atomic E-state index is 0.0439. The van der Waals surface area contributed by atoms with Gasteiger partial charge in [0, 0.05) is 55.9 Å². The van der Waals surface area contributed by atoms with E-state index in [1.54, 1.807) is 18.7 Å². The molecule has 148 valence electrons. The maximum atomic E-state index is 12.8. The normalized spacial score (nSPS) is 25.4. The van der Waals surface area contributed by atoms with Crippen LogP contribution in [0.15, 0.2) is 37.1 Å². The van der Waals surface area contributed by atoms with Crippen molar-refractivity contribution < 1.29 is 4.79 Å². The number of fused-ring (bicyclic) bond motifs is 1. The molecule has 0 radical (unpaired) electrons. The fraction of sp³-hybridized carbons (Fsp3) is 0.571. The lowest BCUT2D eigenvalue weighted by atomic mass is 9.84. The highest BCUT2D eigenvalue weighted by Gasteiger charge is 2.42. The number of likely N-dealkylation sites (tertiary alicyclic amines) is 2. The van der Waals surface area contributed by atoms with E-state index in [1.165, 1.54) is 32.2 Å². The number of hydrogen-bond donors (Lipinski definition) is 1. The van der Waals surface area contributed by atoms with Crippen LogP contribution in [0.2, 0.25) is 0 Å². The molecule has 7 nitrogen and oxygen atoms in total. The van der Waals surface area contributed by atoms with Gasteiger partial charge in [0.25, 0.3) is 0 Å². The van der Waals surface area contributed by atoms with Crippen molar-refractivity contribution in [1.82, 2.24) is 29.7 Å². The molecule has 2 unspecified atom stereocenters. The average Bonchev–Trinajstić information content (AvgIpc) is 3.45. The van der Waals surface area contributed by atoms with Crippen molar-refractivity contribution in [2.45, 2.75) is 50.7 Å². The molecule has 2 aromatic rings. The number of carbonyl (C=O) groups is 1. The van der Waals surface area contributed by atoms with Crippen LogP contribution < -0.4 is 5.32 Å². The summed E-state index contributed by atoms with van der Waals surface area (Å²) in [5.41, 5.74) is 0.987. The van der Waals surface area contributed by atoms with Crippen LogP contribution in [-0.2, 0) is 6.54 Å². The van der Waals surface area contributed by atoms with Gasteiger partial charge in [-0.3, -0.25) is 9.47 Å². The van der Waals surface area contributed by atoms with Gasteiger partial charge in [0.1, 0.15) is 12.1 Å². The lowest BCUT2D eigenvalue weighted by Gasteiger charge is -2.47. The van der Waals surface area contributed by atoms with Gasteiger partial charge in [0.2, 0.25) is 0 Å². The van der Waals surface area contributed by atoms with Crippen LogP contribution in [0.25, 0.3) is 5.82 Å². The third-order valence-electron chi connectivity index (χ3n) is 6.46. The Morgan fingerprint density at radius 2 is 2.11 bits per heavy atom. The first-order chi connectivity index (χ1) is 13.8. The number of piperidine rings is 2. The van der Waals surface area contributed by atoms with E-state index < -0.39 is 0 Å². The Morgan fingerprint density at radius 3 is 2.93 bits per heavy atom. The van der Waals surface area contributed by atoms with Crippen LogP contribution in [0.5, 0.6) is 0 Å². The summed E-state index contributed by atoms with van der Waals surface area (Å²) in [6.45, 7) is 3.48. The Labute approximate surface area is 165 Å². The first-order valence-corrected chi connectivity index (χ1v) is 10.5. The summed E-state index contributed by atoms with van der Waals surface area (Å²) in [6, 6.07) is 5.48. The van der Waals surface area contributed by atoms with Crippen molar-refractivity contribution in [3.63, 3.8) is 0 Å². The predicted molar refractivity (Wildman–Crippen MR) is 106 cm³/mol. The summed E-state index contributed by atoms with van der Waals surface area (Å²) < 4.78 is 1.88. The molecule has 0 spiro atoms. The molecule has 0 bridgehead atoms. The fourth-order valence-corrected chi connectivity index (χ4v) is 4.95. The molecule has 0 aromatic carbocycles. The summed E-state index contributed by atoms with van der Waals surface area (Å²) >= 11 is 0. The van der Waals surface area contributed by atoms with E-state index in [1.807, 2.05) is 27.8 Å². The van der Waals surface area contributed by atoms with Gasteiger partial charge in [-0.1, -0.05) is 6.07 Å². The molecule has 7 heteroatoms. The van der Waals surface area contributed by atoms with Crippen LogP contribution in [0, 0.1) is 5.92 Å². The second-order valence-corrected chi connectivity index (χ2v) is 8.29. The van der Waals surface area contributed by atoms with E-state index in [-0.39, 0.29) is 6.03 Å². The number of pyridine rings is 1. The standard InChI is InChI=1S/C21H28N6O/c28-21(24-13-16-3-1-8-23-20(16)26-12-9-22-15-26)25-11-7-19-17(14-25)4-2-10-27(19)18-5-6-18/h1,3,8-9,12,15,17-19H,2,4-7,10-11,13-14H2,(H,24,28). The highest BCUT2D eigenvalue weighted by atomic mass is 16.2. The molecular weight excluding hydrogens is 352 g/mol. The summed E-state index contributed by atoms with van der Waals surface area (Å²) in [5, 5.41) is 3.11. The fourth-order valence-electron chi connectivity index (χ4n) is 4.95. The second kappa shape index (κ2) is 7.54. The summed E-state index contributed by atoms with van der Waals surface area (Å²) in [6.07, 6.45) is 13.5. The van der Waals surface area contributed by atoms with Crippen molar-refractivity contribution in [3.8, 4) is 5.82 Å². The lowest BCUT2D eigenvalue weighted by Crippen LogP contribution is -2.57.